The summed E-state index contributed by atoms with van der Waals surface area (Å²) in [5, 5.41) is 0. The first-order valence-corrected chi connectivity index (χ1v) is 5.24. The van der Waals surface area contributed by atoms with Gasteiger partial charge < -0.3 is 11.5 Å². The van der Waals surface area contributed by atoms with Crippen LogP contribution in [-0.2, 0) is 4.79 Å². The van der Waals surface area contributed by atoms with E-state index < -0.39 is 5.54 Å². The fourth-order valence-electron chi connectivity index (χ4n) is 2.29. The zero-order chi connectivity index (χ0) is 10.9. The number of amides is 1. The van der Waals surface area contributed by atoms with Crippen LogP contribution in [0.25, 0.3) is 0 Å². The van der Waals surface area contributed by atoms with Crippen LogP contribution in [0.1, 0.15) is 33.6 Å². The molecule has 1 aliphatic rings. The normalized spacial score (nSPS) is 34.8. The number of carbonyl (C=O) groups is 1. The molecule has 14 heavy (non-hydrogen) atoms. The highest BCUT2D eigenvalue weighted by molar-refractivity contribution is 5.85. The average molecular weight is 199 g/mol. The number of nitrogens with zero attached hydrogens (tertiary/aromatic N) is 1. The minimum Gasteiger partial charge on any atom is -0.368 e. The third-order valence-electron chi connectivity index (χ3n) is 3.37. The number of nitrogens with two attached hydrogens (primary N) is 2. The maximum absolute atomic E-state index is 11.3. The molecule has 1 saturated heterocycles. The summed E-state index contributed by atoms with van der Waals surface area (Å²) < 4.78 is 0. The van der Waals surface area contributed by atoms with Crippen molar-refractivity contribution in [1.29, 1.82) is 0 Å². The zero-order valence-electron chi connectivity index (χ0n) is 9.29. The molecule has 1 aliphatic heterocycles. The van der Waals surface area contributed by atoms with Crippen LogP contribution in [0.5, 0.6) is 0 Å². The number of hydrogen-bond donors (Lipinski definition) is 2. The van der Waals surface area contributed by atoms with Crippen molar-refractivity contribution in [2.24, 2.45) is 11.5 Å². The molecule has 2 unspecified atom stereocenters. The van der Waals surface area contributed by atoms with Crippen LogP contribution in [-0.4, -0.2) is 35.0 Å². The second-order valence-electron chi connectivity index (χ2n) is 4.52. The largest absolute Gasteiger partial charge is 0.368 e. The van der Waals surface area contributed by atoms with Gasteiger partial charge in [0.25, 0.3) is 0 Å². The Labute approximate surface area is 85.6 Å². The van der Waals surface area contributed by atoms with Gasteiger partial charge in [0.2, 0.25) is 5.91 Å². The molecule has 82 valence electrons. The standard InChI is InChI=1S/C10H21N3O/c1-7(2)13-6-4-5-10(12,8(13)3)9(11)14/h7-8H,4-6,12H2,1-3H3,(H2,11,14). The van der Waals surface area contributed by atoms with Crippen LogP contribution in [0.4, 0.5) is 0 Å². The number of primary amides is 1. The van der Waals surface area contributed by atoms with E-state index in [-0.39, 0.29) is 11.9 Å². The summed E-state index contributed by atoms with van der Waals surface area (Å²) in [5.41, 5.74) is 10.6. The fraction of sp³-hybridized carbons (Fsp3) is 0.900. The summed E-state index contributed by atoms with van der Waals surface area (Å²) in [6, 6.07) is 0.446. The maximum atomic E-state index is 11.3. The van der Waals surface area contributed by atoms with Gasteiger partial charge in [-0.3, -0.25) is 9.69 Å². The lowest BCUT2D eigenvalue weighted by Crippen LogP contribution is -2.67. The van der Waals surface area contributed by atoms with Crippen LogP contribution < -0.4 is 11.5 Å². The van der Waals surface area contributed by atoms with Gasteiger partial charge in [0.15, 0.2) is 0 Å². The molecule has 1 amide bonds. The average Bonchev–Trinajstić information content (AvgIpc) is 2.09. The summed E-state index contributed by atoms with van der Waals surface area (Å²) in [5.74, 6) is -0.379. The van der Waals surface area contributed by atoms with E-state index in [1.165, 1.54) is 0 Å². The van der Waals surface area contributed by atoms with Crippen LogP contribution >= 0.6 is 0 Å². The summed E-state index contributed by atoms with van der Waals surface area (Å²) in [7, 11) is 0. The Balaban J connectivity index is 2.85. The molecular weight excluding hydrogens is 178 g/mol. The van der Waals surface area contributed by atoms with Crippen LogP contribution in [0, 0.1) is 0 Å². The number of likely N-dealkylation sites (tertiary alicyclic amines) is 1. The summed E-state index contributed by atoms with van der Waals surface area (Å²) in [4.78, 5) is 13.6. The highest BCUT2D eigenvalue weighted by Crippen LogP contribution is 2.26. The van der Waals surface area contributed by atoms with Crippen molar-refractivity contribution >= 4 is 5.91 Å². The van der Waals surface area contributed by atoms with Crippen LogP contribution in [0.2, 0.25) is 0 Å². The molecule has 0 bridgehead atoms. The quantitative estimate of drug-likeness (QED) is 0.660. The zero-order valence-corrected chi connectivity index (χ0v) is 9.29. The molecule has 0 radical (unpaired) electrons. The van der Waals surface area contributed by atoms with Gasteiger partial charge in [-0.15, -0.1) is 0 Å². The van der Waals surface area contributed by atoms with Crippen LogP contribution in [0.15, 0.2) is 0 Å². The number of rotatable bonds is 2. The molecule has 0 aromatic heterocycles. The van der Waals surface area contributed by atoms with E-state index >= 15 is 0 Å². The van der Waals surface area contributed by atoms with E-state index in [1.807, 2.05) is 6.92 Å². The molecule has 0 spiro atoms. The van der Waals surface area contributed by atoms with Gasteiger partial charge in [0.05, 0.1) is 0 Å². The van der Waals surface area contributed by atoms with E-state index in [0.29, 0.717) is 12.5 Å². The highest BCUT2D eigenvalue weighted by atomic mass is 16.1. The Bertz CT molecular complexity index is 229. The first-order valence-electron chi connectivity index (χ1n) is 5.24. The topological polar surface area (TPSA) is 72.3 Å². The Morgan fingerprint density at radius 2 is 2.14 bits per heavy atom. The Morgan fingerprint density at radius 3 is 2.57 bits per heavy atom. The lowest BCUT2D eigenvalue weighted by molar-refractivity contribution is -0.127. The maximum Gasteiger partial charge on any atom is 0.239 e. The minimum atomic E-state index is -0.845. The molecule has 1 heterocycles. The Hall–Kier alpha value is -0.610. The van der Waals surface area contributed by atoms with Crippen molar-refractivity contribution in [1.82, 2.24) is 4.90 Å². The van der Waals surface area contributed by atoms with E-state index in [2.05, 4.69) is 18.7 Å². The Kier molecular flexibility index (Phi) is 3.17. The predicted octanol–water partition coefficient (Wildman–Crippen LogP) is 0.0619. The first kappa shape index (κ1) is 11.5. The third-order valence-corrected chi connectivity index (χ3v) is 3.37. The molecule has 0 aromatic carbocycles. The second-order valence-corrected chi connectivity index (χ2v) is 4.52. The molecule has 2 atom stereocenters. The molecule has 0 saturated carbocycles. The van der Waals surface area contributed by atoms with Gasteiger partial charge in [-0.2, -0.15) is 0 Å². The van der Waals surface area contributed by atoms with E-state index in [1.54, 1.807) is 0 Å². The molecule has 1 fully saturated rings. The van der Waals surface area contributed by atoms with Crippen molar-refractivity contribution in [2.75, 3.05) is 6.54 Å². The Morgan fingerprint density at radius 1 is 1.57 bits per heavy atom. The fourth-order valence-corrected chi connectivity index (χ4v) is 2.29. The molecular formula is C10H21N3O. The molecule has 4 nitrogen and oxygen atoms in total. The minimum absolute atomic E-state index is 0.0359. The van der Waals surface area contributed by atoms with Gasteiger partial charge in [-0.25, -0.2) is 0 Å². The smallest absolute Gasteiger partial charge is 0.239 e. The highest BCUT2D eigenvalue weighted by Gasteiger charge is 2.44. The number of hydrogen-bond acceptors (Lipinski definition) is 3. The SMILES string of the molecule is CC(C)N1CCCC(N)(C(N)=O)C1C. The molecule has 1 rings (SSSR count). The van der Waals surface area contributed by atoms with E-state index in [4.69, 9.17) is 11.5 Å². The van der Waals surface area contributed by atoms with Crippen molar-refractivity contribution in [3.05, 3.63) is 0 Å². The predicted molar refractivity (Wildman–Crippen MR) is 56.7 cm³/mol. The molecule has 0 aliphatic carbocycles. The molecule has 4 N–H and O–H groups in total. The second kappa shape index (κ2) is 3.87. The van der Waals surface area contributed by atoms with Gasteiger partial charge in [-0.05, 0) is 40.2 Å². The van der Waals surface area contributed by atoms with Crippen molar-refractivity contribution in [3.63, 3.8) is 0 Å². The van der Waals surface area contributed by atoms with Gasteiger partial charge >= 0.3 is 0 Å². The summed E-state index contributed by atoms with van der Waals surface area (Å²) in [6.07, 6.45) is 1.65. The third kappa shape index (κ3) is 1.77. The summed E-state index contributed by atoms with van der Waals surface area (Å²) in [6.45, 7) is 7.22. The lowest BCUT2D eigenvalue weighted by atomic mass is 9.81. The first-order chi connectivity index (χ1) is 6.39. The lowest BCUT2D eigenvalue weighted by Gasteiger charge is -2.46. The van der Waals surface area contributed by atoms with Gasteiger partial charge in [-0.1, -0.05) is 0 Å². The summed E-state index contributed by atoms with van der Waals surface area (Å²) >= 11 is 0. The molecule has 0 aromatic rings. The van der Waals surface area contributed by atoms with E-state index in [9.17, 15) is 4.79 Å². The van der Waals surface area contributed by atoms with Crippen molar-refractivity contribution < 1.29 is 4.79 Å². The number of carbonyl (C=O) groups excluding carboxylic acids is 1. The van der Waals surface area contributed by atoms with Crippen molar-refractivity contribution in [3.8, 4) is 0 Å². The van der Waals surface area contributed by atoms with E-state index in [0.717, 1.165) is 13.0 Å². The monoisotopic (exact) mass is 199 g/mol. The number of piperidine rings is 1. The van der Waals surface area contributed by atoms with Crippen LogP contribution in [0.3, 0.4) is 0 Å². The van der Waals surface area contributed by atoms with Crippen molar-refractivity contribution in [2.45, 2.75) is 51.2 Å². The van der Waals surface area contributed by atoms with Gasteiger partial charge in [0.1, 0.15) is 5.54 Å². The molecule has 4 heteroatoms. The van der Waals surface area contributed by atoms with Gasteiger partial charge in [0, 0.05) is 12.1 Å².